The quantitative estimate of drug-likeness (QED) is 0.707. The summed E-state index contributed by atoms with van der Waals surface area (Å²) in [4.78, 5) is 43.3. The first-order valence-corrected chi connectivity index (χ1v) is 9.08. The number of ether oxygens (including phenoxy) is 2. The van der Waals surface area contributed by atoms with Crippen molar-refractivity contribution in [3.05, 3.63) is 47.9 Å². The highest BCUT2D eigenvalue weighted by molar-refractivity contribution is 6.01. The van der Waals surface area contributed by atoms with Gasteiger partial charge in [0.25, 0.3) is 5.91 Å². The summed E-state index contributed by atoms with van der Waals surface area (Å²) in [6.45, 7) is 3.35. The van der Waals surface area contributed by atoms with Crippen LogP contribution in [-0.2, 0) is 25.6 Å². The van der Waals surface area contributed by atoms with Gasteiger partial charge in [0.15, 0.2) is 0 Å². The van der Waals surface area contributed by atoms with Gasteiger partial charge in [0.1, 0.15) is 12.0 Å². The van der Waals surface area contributed by atoms with Gasteiger partial charge in [-0.25, -0.2) is 4.79 Å². The third kappa shape index (κ3) is 4.67. The third-order valence-electron chi connectivity index (χ3n) is 4.22. The molecule has 2 heterocycles. The van der Waals surface area contributed by atoms with Gasteiger partial charge in [-0.3, -0.25) is 14.5 Å². The molecule has 2 aliphatic rings. The molecule has 0 aromatic heterocycles. The predicted molar refractivity (Wildman–Crippen MR) is 99.8 cm³/mol. The maximum Gasteiger partial charge on any atom is 0.348 e. The van der Waals surface area contributed by atoms with Crippen LogP contribution in [0.3, 0.4) is 0 Å². The Morgan fingerprint density at radius 2 is 2.04 bits per heavy atom. The number of benzene rings is 1. The Morgan fingerprint density at radius 3 is 2.79 bits per heavy atom. The Morgan fingerprint density at radius 1 is 1.25 bits per heavy atom. The van der Waals surface area contributed by atoms with E-state index in [1.807, 2.05) is 30.3 Å². The number of aliphatic imine (C=N–C) groups is 1. The first kappa shape index (κ1) is 19.4. The number of amides is 3. The summed E-state index contributed by atoms with van der Waals surface area (Å²) < 4.78 is 10.1. The zero-order valence-electron chi connectivity index (χ0n) is 15.6. The normalized spacial score (nSPS) is 15.8. The van der Waals surface area contributed by atoms with Crippen LogP contribution in [0.1, 0.15) is 18.9 Å². The van der Waals surface area contributed by atoms with Gasteiger partial charge in [-0.1, -0.05) is 30.3 Å². The number of esters is 1. The smallest absolute Gasteiger partial charge is 0.348 e. The maximum absolute atomic E-state index is 12.4. The third-order valence-corrected chi connectivity index (χ3v) is 4.22. The van der Waals surface area contributed by atoms with Crippen molar-refractivity contribution in [2.24, 2.45) is 4.99 Å². The van der Waals surface area contributed by atoms with E-state index in [9.17, 15) is 14.4 Å². The van der Waals surface area contributed by atoms with Crippen molar-refractivity contribution in [2.75, 3.05) is 26.2 Å². The van der Waals surface area contributed by atoms with E-state index in [1.54, 1.807) is 16.7 Å². The molecule has 0 spiro atoms. The van der Waals surface area contributed by atoms with Gasteiger partial charge >= 0.3 is 18.0 Å². The van der Waals surface area contributed by atoms with Crippen molar-refractivity contribution in [3.8, 4) is 0 Å². The summed E-state index contributed by atoms with van der Waals surface area (Å²) in [7, 11) is 0. The summed E-state index contributed by atoms with van der Waals surface area (Å²) in [6, 6.07) is 9.26. The van der Waals surface area contributed by atoms with Crippen LogP contribution in [0.25, 0.3) is 0 Å². The van der Waals surface area contributed by atoms with E-state index < -0.39 is 11.9 Å². The minimum absolute atomic E-state index is 0.0797. The molecule has 0 atom stereocenters. The second kappa shape index (κ2) is 9.03. The van der Waals surface area contributed by atoms with Crippen molar-refractivity contribution >= 4 is 23.9 Å². The zero-order valence-corrected chi connectivity index (χ0v) is 15.6. The Bertz CT molecular complexity index is 806. The van der Waals surface area contributed by atoms with E-state index in [-0.39, 0.29) is 30.7 Å². The van der Waals surface area contributed by atoms with Crippen LogP contribution in [0.5, 0.6) is 0 Å². The second-order valence-electron chi connectivity index (χ2n) is 6.17. The number of nitrogens with zero attached hydrogens (tertiary/aromatic N) is 3. The van der Waals surface area contributed by atoms with Crippen LogP contribution in [0.2, 0.25) is 0 Å². The largest absolute Gasteiger partial charge is 0.466 e. The molecule has 28 heavy (non-hydrogen) atoms. The highest BCUT2D eigenvalue weighted by Gasteiger charge is 2.33. The number of hydrogen-bond donors (Lipinski definition) is 1. The first-order valence-electron chi connectivity index (χ1n) is 9.08. The minimum Gasteiger partial charge on any atom is -0.466 e. The maximum atomic E-state index is 12.4. The van der Waals surface area contributed by atoms with Crippen molar-refractivity contribution < 1.29 is 23.9 Å². The number of fused-ring (bicyclic) bond motifs is 1. The number of amidine groups is 1. The van der Waals surface area contributed by atoms with E-state index in [0.717, 1.165) is 5.56 Å². The summed E-state index contributed by atoms with van der Waals surface area (Å²) in [5.41, 5.74) is 1.24. The lowest BCUT2D eigenvalue weighted by Crippen LogP contribution is -2.38. The van der Waals surface area contributed by atoms with E-state index in [2.05, 4.69) is 10.3 Å². The summed E-state index contributed by atoms with van der Waals surface area (Å²) in [6.07, 6.45) is 1.34. The number of nitrogens with one attached hydrogen (secondary N) is 1. The molecule has 3 rings (SSSR count). The number of urea groups is 1. The molecule has 2 aliphatic heterocycles. The van der Waals surface area contributed by atoms with Gasteiger partial charge in [-0.15, -0.1) is 4.99 Å². The summed E-state index contributed by atoms with van der Waals surface area (Å²) in [5.74, 6) is -0.780. The second-order valence-corrected chi connectivity index (χ2v) is 6.17. The van der Waals surface area contributed by atoms with Gasteiger partial charge < -0.3 is 19.7 Å². The fourth-order valence-corrected chi connectivity index (χ4v) is 2.84. The number of carbonyl (C=O) groups is 3. The Labute approximate surface area is 162 Å². The fraction of sp³-hybridized carbons (Fsp3) is 0.368. The van der Waals surface area contributed by atoms with Gasteiger partial charge in [-0.2, -0.15) is 0 Å². The van der Waals surface area contributed by atoms with E-state index >= 15 is 0 Å². The highest BCUT2D eigenvalue weighted by atomic mass is 16.5. The highest BCUT2D eigenvalue weighted by Crippen LogP contribution is 2.19. The Hall–Kier alpha value is -3.36. The fourth-order valence-electron chi connectivity index (χ4n) is 2.84. The van der Waals surface area contributed by atoms with Gasteiger partial charge in [0.2, 0.25) is 0 Å². The van der Waals surface area contributed by atoms with E-state index in [0.29, 0.717) is 26.2 Å². The molecule has 0 fully saturated rings. The molecule has 0 radical (unpaired) electrons. The van der Waals surface area contributed by atoms with Crippen LogP contribution in [0.4, 0.5) is 4.79 Å². The van der Waals surface area contributed by atoms with Crippen LogP contribution < -0.4 is 5.32 Å². The molecule has 1 aromatic carbocycles. The molecule has 148 valence electrons. The molecule has 1 aromatic rings. The molecule has 9 nitrogen and oxygen atoms in total. The number of rotatable bonds is 7. The minimum atomic E-state index is -0.418. The lowest BCUT2D eigenvalue weighted by Gasteiger charge is -2.21. The summed E-state index contributed by atoms with van der Waals surface area (Å²) >= 11 is 0. The molecular weight excluding hydrogens is 364 g/mol. The molecule has 0 unspecified atom stereocenters. The van der Waals surface area contributed by atoms with Crippen molar-refractivity contribution in [1.29, 1.82) is 0 Å². The van der Waals surface area contributed by atoms with Crippen LogP contribution in [0, 0.1) is 0 Å². The van der Waals surface area contributed by atoms with Gasteiger partial charge in [0.05, 0.1) is 13.0 Å². The zero-order chi connectivity index (χ0) is 19.9. The molecule has 1 N–H and O–H groups in total. The summed E-state index contributed by atoms with van der Waals surface area (Å²) in [5, 5.41) is 2.65. The van der Waals surface area contributed by atoms with Crippen LogP contribution >= 0.6 is 0 Å². The molecule has 0 bridgehead atoms. The molecule has 9 heteroatoms. The topological polar surface area (TPSA) is 101 Å². The molecule has 0 saturated carbocycles. The predicted octanol–water partition coefficient (Wildman–Crippen LogP) is 1.22. The molecule has 0 aliphatic carbocycles. The molecule has 0 saturated heterocycles. The monoisotopic (exact) mass is 386 g/mol. The SMILES string of the molecule is CCOC(=O)CCNC(=O)C1=COC2=NC(=O)N(Cc3ccccc3)CCN12. The Balaban J connectivity index is 1.58. The first-order chi connectivity index (χ1) is 13.6. The van der Waals surface area contributed by atoms with Crippen molar-refractivity contribution in [2.45, 2.75) is 19.9 Å². The van der Waals surface area contributed by atoms with E-state index in [1.165, 1.54) is 6.26 Å². The Kier molecular flexibility index (Phi) is 6.25. The van der Waals surface area contributed by atoms with Gasteiger partial charge in [-0.05, 0) is 12.5 Å². The molecular formula is C19H22N4O5. The number of hydrogen-bond acceptors (Lipinski definition) is 6. The lowest BCUT2D eigenvalue weighted by atomic mass is 10.2. The molecule has 3 amide bonds. The van der Waals surface area contributed by atoms with Crippen molar-refractivity contribution in [3.63, 3.8) is 0 Å². The average Bonchev–Trinajstić information content (AvgIpc) is 3.01. The van der Waals surface area contributed by atoms with E-state index in [4.69, 9.17) is 9.47 Å². The van der Waals surface area contributed by atoms with Crippen LogP contribution in [-0.4, -0.2) is 60.0 Å². The lowest BCUT2D eigenvalue weighted by molar-refractivity contribution is -0.143. The number of carbonyl (C=O) groups excluding carboxylic acids is 3. The standard InChI is InChI=1S/C19H22N4O5/c1-2-27-16(24)8-9-20-17(25)15-13-28-19-21-18(26)22(10-11-23(15)19)12-14-6-4-3-5-7-14/h3-7,13H,2,8-12H2,1H3,(H,20,25). The van der Waals surface area contributed by atoms with Crippen molar-refractivity contribution in [1.82, 2.24) is 15.1 Å². The average molecular weight is 386 g/mol. The van der Waals surface area contributed by atoms with Gasteiger partial charge in [0, 0.05) is 26.2 Å². The van der Waals surface area contributed by atoms with Crippen LogP contribution in [0.15, 0.2) is 47.3 Å².